The van der Waals surface area contributed by atoms with Gasteiger partial charge < -0.3 is 14.8 Å². The van der Waals surface area contributed by atoms with E-state index in [-0.39, 0.29) is 5.91 Å². The maximum Gasteiger partial charge on any atom is 0.237 e. The Balaban J connectivity index is 1.68. The predicted molar refractivity (Wildman–Crippen MR) is 118 cm³/mol. The summed E-state index contributed by atoms with van der Waals surface area (Å²) in [6, 6.07) is 15.5. The van der Waals surface area contributed by atoms with Crippen LogP contribution in [0.1, 0.15) is 24.8 Å². The van der Waals surface area contributed by atoms with Crippen LogP contribution >= 0.6 is 0 Å². The quantitative estimate of drug-likeness (QED) is 0.591. The normalized spacial score (nSPS) is 15.5. The van der Waals surface area contributed by atoms with E-state index in [0.717, 1.165) is 33.8 Å². The molecule has 4 rings (SSSR count). The Morgan fingerprint density at radius 3 is 2.43 bits per heavy atom. The summed E-state index contributed by atoms with van der Waals surface area (Å²) in [7, 11) is 3.16. The molecule has 3 aromatic rings. The lowest BCUT2D eigenvalue weighted by molar-refractivity contribution is -0.115. The van der Waals surface area contributed by atoms with Gasteiger partial charge in [-0.2, -0.15) is 0 Å². The minimum atomic E-state index is -0.456. The van der Waals surface area contributed by atoms with E-state index < -0.39 is 5.92 Å². The zero-order chi connectivity index (χ0) is 21.1. The highest BCUT2D eigenvalue weighted by molar-refractivity contribution is 6.19. The first-order valence-corrected chi connectivity index (χ1v) is 9.79. The number of benzene rings is 2. The van der Waals surface area contributed by atoms with Gasteiger partial charge in [0.2, 0.25) is 5.91 Å². The first kappa shape index (κ1) is 19.6. The van der Waals surface area contributed by atoms with Crippen molar-refractivity contribution in [1.29, 1.82) is 0 Å². The van der Waals surface area contributed by atoms with Crippen LogP contribution in [0.25, 0.3) is 11.1 Å². The molecule has 6 nitrogen and oxygen atoms in total. The van der Waals surface area contributed by atoms with Gasteiger partial charge in [0.1, 0.15) is 5.92 Å². The first-order valence-electron chi connectivity index (χ1n) is 9.79. The van der Waals surface area contributed by atoms with E-state index in [1.807, 2.05) is 55.6 Å². The van der Waals surface area contributed by atoms with Crippen molar-refractivity contribution in [2.24, 2.45) is 4.99 Å². The molecule has 1 unspecified atom stereocenters. The minimum Gasteiger partial charge on any atom is -0.493 e. The molecule has 6 heteroatoms. The number of anilines is 1. The Morgan fingerprint density at radius 1 is 1.07 bits per heavy atom. The molecule has 1 aliphatic rings. The monoisotopic (exact) mass is 401 g/mol. The molecule has 0 bridgehead atoms. The fourth-order valence-corrected chi connectivity index (χ4v) is 3.69. The first-order chi connectivity index (χ1) is 14.6. The molecule has 2 aromatic carbocycles. The smallest absolute Gasteiger partial charge is 0.237 e. The van der Waals surface area contributed by atoms with Gasteiger partial charge in [-0.3, -0.25) is 14.8 Å². The number of nitrogens with zero attached hydrogens (tertiary/aromatic N) is 2. The van der Waals surface area contributed by atoms with Gasteiger partial charge in [-0.25, -0.2) is 0 Å². The molecule has 1 N–H and O–H groups in total. The van der Waals surface area contributed by atoms with Gasteiger partial charge in [0, 0.05) is 29.9 Å². The van der Waals surface area contributed by atoms with Gasteiger partial charge in [-0.05, 0) is 47.4 Å². The molecule has 1 aromatic heterocycles. The summed E-state index contributed by atoms with van der Waals surface area (Å²) in [6.45, 7) is 2.01. The van der Waals surface area contributed by atoms with E-state index in [1.165, 1.54) is 0 Å². The molecule has 0 fully saturated rings. The molecule has 2 heterocycles. The molecule has 152 valence electrons. The number of hydrogen-bond acceptors (Lipinski definition) is 5. The van der Waals surface area contributed by atoms with E-state index in [2.05, 4.69) is 10.3 Å². The Morgan fingerprint density at radius 2 is 1.80 bits per heavy atom. The molecule has 0 aliphatic carbocycles. The average molecular weight is 401 g/mol. The number of rotatable bonds is 6. The second-order valence-corrected chi connectivity index (χ2v) is 6.96. The van der Waals surface area contributed by atoms with Crippen LogP contribution in [-0.2, 0) is 4.79 Å². The maximum atomic E-state index is 12.8. The number of aliphatic imine (C=N–C) groups is 1. The highest BCUT2D eigenvalue weighted by Crippen LogP contribution is 2.42. The van der Waals surface area contributed by atoms with Crippen LogP contribution in [0, 0.1) is 0 Å². The number of carbonyl (C=O) groups is 1. The lowest BCUT2D eigenvalue weighted by atomic mass is 9.93. The largest absolute Gasteiger partial charge is 0.493 e. The number of methoxy groups -OCH3 is 2. The lowest BCUT2D eigenvalue weighted by Gasteiger charge is -2.14. The second kappa shape index (κ2) is 8.37. The SMILES string of the molecule is CCC(=Nc1ccc(-c2cccnc2)cc1)C1C(=O)Nc2cc(OC)c(OC)cc21. The van der Waals surface area contributed by atoms with Crippen molar-refractivity contribution in [3.8, 4) is 22.6 Å². The summed E-state index contributed by atoms with van der Waals surface area (Å²) >= 11 is 0. The van der Waals surface area contributed by atoms with E-state index in [1.54, 1.807) is 26.5 Å². The third kappa shape index (κ3) is 3.64. The van der Waals surface area contributed by atoms with Crippen molar-refractivity contribution in [3.05, 3.63) is 66.5 Å². The van der Waals surface area contributed by atoms with Crippen LogP contribution in [0.5, 0.6) is 11.5 Å². The summed E-state index contributed by atoms with van der Waals surface area (Å²) < 4.78 is 10.8. The molecular weight excluding hydrogens is 378 g/mol. The summed E-state index contributed by atoms with van der Waals surface area (Å²) in [4.78, 5) is 21.8. The van der Waals surface area contributed by atoms with Gasteiger partial charge >= 0.3 is 0 Å². The third-order valence-corrected chi connectivity index (χ3v) is 5.22. The number of carbonyl (C=O) groups excluding carboxylic acids is 1. The fourth-order valence-electron chi connectivity index (χ4n) is 3.69. The van der Waals surface area contributed by atoms with Crippen LogP contribution in [0.15, 0.2) is 65.9 Å². The van der Waals surface area contributed by atoms with Gasteiger partial charge in [0.05, 0.1) is 19.9 Å². The van der Waals surface area contributed by atoms with Crippen molar-refractivity contribution >= 4 is 23.0 Å². The summed E-state index contributed by atoms with van der Waals surface area (Å²) in [6.07, 6.45) is 4.23. The van der Waals surface area contributed by atoms with E-state index in [9.17, 15) is 4.79 Å². The molecule has 0 saturated heterocycles. The standard InChI is InChI=1S/C24H23N3O3/c1-4-19(26-17-9-7-15(8-10-17)16-6-5-11-25-14-16)23-18-12-21(29-2)22(30-3)13-20(18)27-24(23)28/h5-14,23H,4H2,1-3H3,(H,27,28). The van der Waals surface area contributed by atoms with Crippen LogP contribution < -0.4 is 14.8 Å². The Hall–Kier alpha value is -3.67. The molecule has 30 heavy (non-hydrogen) atoms. The second-order valence-electron chi connectivity index (χ2n) is 6.96. The Bertz CT molecular complexity index is 1090. The Labute approximate surface area is 175 Å². The van der Waals surface area contributed by atoms with Crippen molar-refractivity contribution in [1.82, 2.24) is 4.98 Å². The lowest BCUT2D eigenvalue weighted by Crippen LogP contribution is -2.20. The van der Waals surface area contributed by atoms with Gasteiger partial charge in [-0.15, -0.1) is 0 Å². The van der Waals surface area contributed by atoms with Crippen LogP contribution in [0.4, 0.5) is 11.4 Å². The summed E-state index contributed by atoms with van der Waals surface area (Å²) in [5.41, 5.74) is 5.31. The van der Waals surface area contributed by atoms with E-state index in [0.29, 0.717) is 17.9 Å². The topological polar surface area (TPSA) is 72.8 Å². The van der Waals surface area contributed by atoms with Crippen LogP contribution in [0.2, 0.25) is 0 Å². The third-order valence-electron chi connectivity index (χ3n) is 5.22. The summed E-state index contributed by atoms with van der Waals surface area (Å²) in [5.74, 6) is 0.628. The number of hydrogen-bond donors (Lipinski definition) is 1. The van der Waals surface area contributed by atoms with E-state index in [4.69, 9.17) is 14.5 Å². The maximum absolute atomic E-state index is 12.8. The zero-order valence-electron chi connectivity index (χ0n) is 17.2. The number of amides is 1. The predicted octanol–water partition coefficient (Wildman–Crippen LogP) is 4.98. The molecular formula is C24H23N3O3. The highest BCUT2D eigenvalue weighted by atomic mass is 16.5. The summed E-state index contributed by atoms with van der Waals surface area (Å²) in [5, 5.41) is 2.94. The molecule has 1 atom stereocenters. The minimum absolute atomic E-state index is 0.0899. The van der Waals surface area contributed by atoms with Gasteiger partial charge in [0.15, 0.2) is 11.5 Å². The van der Waals surface area contributed by atoms with Gasteiger partial charge in [0.25, 0.3) is 0 Å². The van der Waals surface area contributed by atoms with Crippen molar-refractivity contribution < 1.29 is 14.3 Å². The van der Waals surface area contributed by atoms with Crippen molar-refractivity contribution in [3.63, 3.8) is 0 Å². The van der Waals surface area contributed by atoms with Gasteiger partial charge in [-0.1, -0.05) is 25.1 Å². The van der Waals surface area contributed by atoms with Crippen molar-refractivity contribution in [2.75, 3.05) is 19.5 Å². The zero-order valence-corrected chi connectivity index (χ0v) is 17.2. The van der Waals surface area contributed by atoms with Crippen molar-refractivity contribution in [2.45, 2.75) is 19.3 Å². The van der Waals surface area contributed by atoms with Crippen LogP contribution in [-0.4, -0.2) is 30.8 Å². The molecule has 0 saturated carbocycles. The molecule has 1 aliphatic heterocycles. The number of aromatic nitrogens is 1. The number of pyridine rings is 1. The Kier molecular flexibility index (Phi) is 5.48. The fraction of sp³-hybridized carbons (Fsp3) is 0.208. The molecule has 0 spiro atoms. The average Bonchev–Trinajstić information content (AvgIpc) is 3.12. The number of fused-ring (bicyclic) bond motifs is 1. The van der Waals surface area contributed by atoms with Crippen LogP contribution in [0.3, 0.4) is 0 Å². The molecule has 1 amide bonds. The number of ether oxygens (including phenoxy) is 2. The molecule has 0 radical (unpaired) electrons. The number of nitrogens with one attached hydrogen (secondary N) is 1. The highest BCUT2D eigenvalue weighted by Gasteiger charge is 2.35. The van der Waals surface area contributed by atoms with E-state index >= 15 is 0 Å².